The van der Waals surface area contributed by atoms with Crippen LogP contribution in [0.4, 0.5) is 5.69 Å². The highest BCUT2D eigenvalue weighted by atomic mass is 35.5. The molecule has 0 saturated heterocycles. The van der Waals surface area contributed by atoms with Crippen molar-refractivity contribution in [2.75, 3.05) is 26.2 Å². The molecule has 0 aromatic heterocycles. The molecule has 3 aromatic rings. The van der Waals surface area contributed by atoms with Crippen molar-refractivity contribution >= 4 is 29.8 Å². The largest absolute Gasteiger partial charge is 0.493 e. The number of carbonyl (C=O) groups is 1. The monoisotopic (exact) mass is 484 g/mol. The van der Waals surface area contributed by atoms with Gasteiger partial charge in [-0.05, 0) is 42.0 Å². The van der Waals surface area contributed by atoms with Gasteiger partial charge in [-0.25, -0.2) is 0 Å². The van der Waals surface area contributed by atoms with Gasteiger partial charge in [0.1, 0.15) is 11.9 Å². The molecule has 0 saturated carbocycles. The Hall–Kier alpha value is -3.91. The lowest BCUT2D eigenvalue weighted by atomic mass is 10.00. The van der Waals surface area contributed by atoms with Crippen molar-refractivity contribution in [2.24, 2.45) is 11.5 Å². The SMILES string of the molecule is COc1ccc(C(C(N)=O)N(Cc2ccccc2)c2ccc(C(=N)N)cc2)c(OC)c1OC.Cl. The van der Waals surface area contributed by atoms with Gasteiger partial charge in [-0.15, -0.1) is 12.4 Å². The first kappa shape index (κ1) is 26.3. The molecule has 1 atom stereocenters. The third-order valence-corrected chi connectivity index (χ3v) is 5.32. The van der Waals surface area contributed by atoms with Crippen molar-refractivity contribution in [1.82, 2.24) is 0 Å². The van der Waals surface area contributed by atoms with Gasteiger partial charge < -0.3 is 30.6 Å². The Bertz CT molecular complexity index is 1120. The Morgan fingerprint density at radius 2 is 1.50 bits per heavy atom. The predicted octanol–water partition coefficient (Wildman–Crippen LogP) is 3.65. The molecule has 0 radical (unpaired) electrons. The lowest BCUT2D eigenvalue weighted by Crippen LogP contribution is -2.38. The second-order valence-electron chi connectivity index (χ2n) is 7.30. The van der Waals surface area contributed by atoms with Gasteiger partial charge in [0.05, 0.1) is 21.3 Å². The Morgan fingerprint density at radius 3 is 2.00 bits per heavy atom. The van der Waals surface area contributed by atoms with E-state index in [1.165, 1.54) is 21.3 Å². The molecule has 0 heterocycles. The fourth-order valence-electron chi connectivity index (χ4n) is 3.76. The maximum absolute atomic E-state index is 12.9. The average Bonchev–Trinajstić information content (AvgIpc) is 2.83. The molecule has 3 aromatic carbocycles. The van der Waals surface area contributed by atoms with Crippen molar-refractivity contribution in [3.05, 3.63) is 83.4 Å². The molecule has 0 bridgehead atoms. The molecule has 1 unspecified atom stereocenters. The summed E-state index contributed by atoms with van der Waals surface area (Å²) in [6.45, 7) is 0.394. The highest BCUT2D eigenvalue weighted by molar-refractivity contribution is 5.95. The number of hydrogen-bond donors (Lipinski definition) is 3. The maximum Gasteiger partial charge on any atom is 0.244 e. The number of carbonyl (C=O) groups excluding carboxylic acids is 1. The summed E-state index contributed by atoms with van der Waals surface area (Å²) in [4.78, 5) is 14.8. The maximum atomic E-state index is 12.9. The number of nitrogens with two attached hydrogens (primary N) is 2. The number of ether oxygens (including phenoxy) is 3. The topological polar surface area (TPSA) is 124 Å². The van der Waals surface area contributed by atoms with E-state index < -0.39 is 11.9 Å². The fraction of sp³-hybridized carbons (Fsp3) is 0.200. The Labute approximate surface area is 205 Å². The number of benzene rings is 3. The predicted molar refractivity (Wildman–Crippen MR) is 135 cm³/mol. The lowest BCUT2D eigenvalue weighted by Gasteiger charge is -2.33. The van der Waals surface area contributed by atoms with Gasteiger partial charge in [-0.3, -0.25) is 10.2 Å². The molecule has 0 aliphatic rings. The van der Waals surface area contributed by atoms with E-state index in [0.29, 0.717) is 34.9 Å². The van der Waals surface area contributed by atoms with Crippen LogP contribution in [-0.4, -0.2) is 33.1 Å². The van der Waals surface area contributed by atoms with Crippen molar-refractivity contribution in [2.45, 2.75) is 12.6 Å². The zero-order valence-electron chi connectivity index (χ0n) is 19.3. The van der Waals surface area contributed by atoms with Gasteiger partial charge in [-0.2, -0.15) is 0 Å². The first-order valence-electron chi connectivity index (χ1n) is 10.2. The third-order valence-electron chi connectivity index (χ3n) is 5.32. The molecular weight excluding hydrogens is 456 g/mol. The van der Waals surface area contributed by atoms with E-state index in [0.717, 1.165) is 11.3 Å². The Kier molecular flexibility index (Phi) is 9.15. The van der Waals surface area contributed by atoms with Gasteiger partial charge in [0, 0.05) is 23.4 Å². The molecule has 8 nitrogen and oxygen atoms in total. The molecule has 34 heavy (non-hydrogen) atoms. The normalized spacial score (nSPS) is 11.0. The van der Waals surface area contributed by atoms with Crippen LogP contribution in [0.2, 0.25) is 0 Å². The number of primary amides is 1. The molecule has 1 amide bonds. The third kappa shape index (κ3) is 5.52. The van der Waals surface area contributed by atoms with Crippen LogP contribution < -0.4 is 30.6 Å². The number of amidine groups is 1. The average molecular weight is 485 g/mol. The summed E-state index contributed by atoms with van der Waals surface area (Å²) < 4.78 is 16.5. The van der Waals surface area contributed by atoms with Gasteiger partial charge in [0.2, 0.25) is 11.7 Å². The van der Waals surface area contributed by atoms with Crippen molar-refractivity contribution < 1.29 is 19.0 Å². The number of hydrogen-bond acceptors (Lipinski definition) is 6. The molecule has 0 spiro atoms. The van der Waals surface area contributed by atoms with Gasteiger partial charge in [0.15, 0.2) is 11.5 Å². The zero-order chi connectivity index (χ0) is 24.0. The highest BCUT2D eigenvalue weighted by Crippen LogP contribution is 2.44. The quantitative estimate of drug-likeness (QED) is 0.298. The summed E-state index contributed by atoms with van der Waals surface area (Å²) in [5.74, 6) is 0.604. The van der Waals surface area contributed by atoms with E-state index in [1.54, 1.807) is 24.3 Å². The fourth-order valence-corrected chi connectivity index (χ4v) is 3.76. The number of nitrogens with zero attached hydrogens (tertiary/aromatic N) is 1. The summed E-state index contributed by atoms with van der Waals surface area (Å²) in [7, 11) is 4.54. The molecule has 5 N–H and O–H groups in total. The highest BCUT2D eigenvalue weighted by Gasteiger charge is 2.32. The molecule has 0 aliphatic carbocycles. The summed E-state index contributed by atoms with van der Waals surface area (Å²) in [6.07, 6.45) is 0. The van der Waals surface area contributed by atoms with Crippen LogP contribution in [0, 0.1) is 5.41 Å². The lowest BCUT2D eigenvalue weighted by molar-refractivity contribution is -0.119. The molecule has 3 rings (SSSR count). The molecule has 0 aliphatic heterocycles. The number of halogens is 1. The smallest absolute Gasteiger partial charge is 0.244 e. The second kappa shape index (κ2) is 11.8. The van der Waals surface area contributed by atoms with Crippen molar-refractivity contribution in [1.29, 1.82) is 5.41 Å². The van der Waals surface area contributed by atoms with Crippen molar-refractivity contribution in [3.63, 3.8) is 0 Å². The van der Waals surface area contributed by atoms with Crippen LogP contribution in [0.15, 0.2) is 66.7 Å². The first-order valence-corrected chi connectivity index (χ1v) is 10.2. The van der Waals surface area contributed by atoms with Crippen LogP contribution in [0.1, 0.15) is 22.7 Å². The second-order valence-corrected chi connectivity index (χ2v) is 7.30. The van der Waals surface area contributed by atoms with E-state index in [4.69, 9.17) is 31.1 Å². The summed E-state index contributed by atoms with van der Waals surface area (Å²) in [5.41, 5.74) is 14.4. The minimum absolute atomic E-state index is 0. The number of nitrogens with one attached hydrogen (secondary N) is 1. The first-order chi connectivity index (χ1) is 15.9. The van der Waals surface area contributed by atoms with Gasteiger partial charge >= 0.3 is 0 Å². The summed E-state index contributed by atoms with van der Waals surface area (Å²) in [6, 6.07) is 19.4. The van der Waals surface area contributed by atoms with Crippen LogP contribution in [0.5, 0.6) is 17.2 Å². The Morgan fingerprint density at radius 1 is 0.882 bits per heavy atom. The van der Waals surface area contributed by atoms with Gasteiger partial charge in [0.25, 0.3) is 0 Å². The Balaban J connectivity index is 0.00000408. The molecule has 0 fully saturated rings. The molecule has 9 heteroatoms. The van der Waals surface area contributed by atoms with E-state index >= 15 is 0 Å². The van der Waals surface area contributed by atoms with E-state index in [2.05, 4.69) is 0 Å². The van der Waals surface area contributed by atoms with Crippen molar-refractivity contribution in [3.8, 4) is 17.2 Å². The number of anilines is 1. The summed E-state index contributed by atoms with van der Waals surface area (Å²) >= 11 is 0. The minimum atomic E-state index is -0.886. The number of amides is 1. The zero-order valence-corrected chi connectivity index (χ0v) is 20.1. The van der Waals surface area contributed by atoms with E-state index in [1.807, 2.05) is 47.4 Å². The molecular formula is C25H29ClN4O4. The molecule has 180 valence electrons. The number of rotatable bonds is 10. The number of nitrogen functional groups attached to an aromatic ring is 1. The van der Waals surface area contributed by atoms with Crippen LogP contribution >= 0.6 is 12.4 Å². The van der Waals surface area contributed by atoms with Crippen LogP contribution in [-0.2, 0) is 11.3 Å². The van der Waals surface area contributed by atoms with Gasteiger partial charge in [-0.1, -0.05) is 30.3 Å². The summed E-state index contributed by atoms with van der Waals surface area (Å²) in [5, 5.41) is 7.66. The standard InChI is InChI=1S/C25H28N4O4.ClH/c1-31-20-14-13-19(22(32-2)23(20)33-3)21(25(28)30)29(15-16-7-5-4-6-8-16)18-11-9-17(10-12-18)24(26)27;/h4-14,21H,15H2,1-3H3,(H3,26,27)(H2,28,30);1H. The van der Waals surface area contributed by atoms with E-state index in [9.17, 15) is 4.79 Å². The van der Waals surface area contributed by atoms with E-state index in [-0.39, 0.29) is 18.2 Å². The minimum Gasteiger partial charge on any atom is -0.493 e. The van der Waals surface area contributed by atoms with Crippen LogP contribution in [0.3, 0.4) is 0 Å². The van der Waals surface area contributed by atoms with Crippen LogP contribution in [0.25, 0.3) is 0 Å². The number of methoxy groups -OCH3 is 3.